The lowest BCUT2D eigenvalue weighted by Gasteiger charge is -2.22. The van der Waals surface area contributed by atoms with Gasteiger partial charge in [-0.3, -0.25) is 4.79 Å². The molecule has 7 heteroatoms. The number of rotatable bonds is 5. The summed E-state index contributed by atoms with van der Waals surface area (Å²) in [5.74, 6) is -1.65. The number of aromatic hydroxyl groups is 1. The largest absolute Gasteiger partial charge is 0.508 e. The van der Waals surface area contributed by atoms with E-state index in [2.05, 4.69) is 5.32 Å². The van der Waals surface area contributed by atoms with Gasteiger partial charge in [0, 0.05) is 12.0 Å². The highest BCUT2D eigenvalue weighted by Crippen LogP contribution is 2.19. The van der Waals surface area contributed by atoms with Crippen LogP contribution in [0.3, 0.4) is 0 Å². The van der Waals surface area contributed by atoms with E-state index in [1.165, 1.54) is 25.1 Å². The Hall–Kier alpha value is -2.57. The first-order chi connectivity index (χ1) is 10.5. The van der Waals surface area contributed by atoms with Gasteiger partial charge in [-0.15, -0.1) is 0 Å². The zero-order valence-corrected chi connectivity index (χ0v) is 13.5. The minimum Gasteiger partial charge on any atom is -0.508 e. The number of carbonyl (C=O) groups is 3. The van der Waals surface area contributed by atoms with Crippen LogP contribution < -0.4 is 5.32 Å². The molecule has 1 aromatic rings. The summed E-state index contributed by atoms with van der Waals surface area (Å²) in [5.41, 5.74) is -0.128. The first-order valence-corrected chi connectivity index (χ1v) is 7.05. The van der Waals surface area contributed by atoms with Gasteiger partial charge in [0.1, 0.15) is 17.4 Å². The fourth-order valence-corrected chi connectivity index (χ4v) is 1.94. The molecule has 0 fully saturated rings. The predicted octanol–water partition coefficient (Wildman–Crippen LogP) is 2.12. The second kappa shape index (κ2) is 7.13. The summed E-state index contributed by atoms with van der Waals surface area (Å²) >= 11 is 0. The molecule has 1 rings (SSSR count). The number of carboxylic acid groups (broad SMARTS) is 1. The van der Waals surface area contributed by atoms with Crippen molar-refractivity contribution in [3.05, 3.63) is 29.3 Å². The molecule has 1 atom stereocenters. The van der Waals surface area contributed by atoms with E-state index in [9.17, 15) is 24.6 Å². The van der Waals surface area contributed by atoms with Crippen LogP contribution in [-0.2, 0) is 16.0 Å². The molecule has 0 spiro atoms. The third-order valence-electron chi connectivity index (χ3n) is 2.89. The number of amides is 1. The van der Waals surface area contributed by atoms with Gasteiger partial charge in [0.25, 0.3) is 0 Å². The van der Waals surface area contributed by atoms with Crippen molar-refractivity contribution in [1.29, 1.82) is 0 Å². The summed E-state index contributed by atoms with van der Waals surface area (Å²) in [5, 5.41) is 21.0. The van der Waals surface area contributed by atoms with Crippen LogP contribution >= 0.6 is 0 Å². The third kappa shape index (κ3) is 5.98. The molecule has 0 aliphatic rings. The summed E-state index contributed by atoms with van der Waals surface area (Å²) < 4.78 is 5.03. The number of carbonyl (C=O) groups excluding carboxylic acids is 2. The summed E-state index contributed by atoms with van der Waals surface area (Å²) in [7, 11) is 0. The molecule has 0 unspecified atom stereocenters. The van der Waals surface area contributed by atoms with Gasteiger partial charge in [-0.25, -0.2) is 9.59 Å². The zero-order chi connectivity index (χ0) is 17.8. The van der Waals surface area contributed by atoms with Gasteiger partial charge in [-0.1, -0.05) is 6.07 Å². The maximum Gasteiger partial charge on any atom is 0.408 e. The van der Waals surface area contributed by atoms with Crippen LogP contribution in [0, 0.1) is 0 Å². The van der Waals surface area contributed by atoms with Crippen LogP contribution in [0.1, 0.15) is 43.6 Å². The number of ether oxygens (including phenoxy) is 1. The first-order valence-electron chi connectivity index (χ1n) is 7.05. The Kier molecular flexibility index (Phi) is 5.73. The Morgan fingerprint density at radius 2 is 1.87 bits per heavy atom. The fourth-order valence-electron chi connectivity index (χ4n) is 1.94. The highest BCUT2D eigenvalue weighted by atomic mass is 16.6. The number of hydrogen-bond acceptors (Lipinski definition) is 5. The SMILES string of the molecule is CC(=O)c1cc(O)ccc1C[C@H](NC(=O)OC(C)(C)C)C(=O)O. The lowest BCUT2D eigenvalue weighted by Crippen LogP contribution is -2.44. The lowest BCUT2D eigenvalue weighted by atomic mass is 9.97. The molecular weight excluding hydrogens is 302 g/mol. The molecule has 0 saturated carbocycles. The summed E-state index contributed by atoms with van der Waals surface area (Å²) in [6, 6.07) is 2.82. The van der Waals surface area contributed by atoms with Crippen molar-refractivity contribution < 1.29 is 29.3 Å². The number of aliphatic carboxylic acids is 1. The van der Waals surface area contributed by atoms with Gasteiger partial charge in [0.15, 0.2) is 5.78 Å². The van der Waals surface area contributed by atoms with E-state index in [1.54, 1.807) is 20.8 Å². The maximum atomic E-state index is 11.7. The molecule has 0 aliphatic heterocycles. The molecule has 0 bridgehead atoms. The number of ketones is 1. The van der Waals surface area contributed by atoms with Crippen molar-refractivity contribution in [1.82, 2.24) is 5.32 Å². The molecule has 23 heavy (non-hydrogen) atoms. The third-order valence-corrected chi connectivity index (χ3v) is 2.89. The Morgan fingerprint density at radius 3 is 2.35 bits per heavy atom. The summed E-state index contributed by atoms with van der Waals surface area (Å²) in [6.45, 7) is 6.30. The van der Waals surface area contributed by atoms with Crippen LogP contribution in [0.25, 0.3) is 0 Å². The smallest absolute Gasteiger partial charge is 0.408 e. The van der Waals surface area contributed by atoms with E-state index in [0.29, 0.717) is 5.56 Å². The van der Waals surface area contributed by atoms with Gasteiger partial charge >= 0.3 is 12.1 Å². The molecule has 0 saturated heterocycles. The van der Waals surface area contributed by atoms with Crippen molar-refractivity contribution in [3.8, 4) is 5.75 Å². The van der Waals surface area contributed by atoms with Gasteiger partial charge in [-0.2, -0.15) is 0 Å². The van der Waals surface area contributed by atoms with Crippen molar-refractivity contribution in [2.45, 2.75) is 45.8 Å². The number of alkyl carbamates (subject to hydrolysis) is 1. The molecule has 0 aliphatic carbocycles. The van der Waals surface area contributed by atoms with E-state index < -0.39 is 23.7 Å². The van der Waals surface area contributed by atoms with Gasteiger partial charge in [0.05, 0.1) is 0 Å². The molecule has 0 radical (unpaired) electrons. The van der Waals surface area contributed by atoms with Crippen LogP contribution in [0.2, 0.25) is 0 Å². The molecule has 126 valence electrons. The number of phenolic OH excluding ortho intramolecular Hbond substituents is 1. The number of carboxylic acids is 1. The van der Waals surface area contributed by atoms with Gasteiger partial charge in [-0.05, 0) is 45.4 Å². The number of phenols is 1. The number of benzene rings is 1. The van der Waals surface area contributed by atoms with Crippen LogP contribution in [0.5, 0.6) is 5.75 Å². The number of hydrogen-bond donors (Lipinski definition) is 3. The monoisotopic (exact) mass is 323 g/mol. The van der Waals surface area contributed by atoms with Crippen LogP contribution in [-0.4, -0.2) is 39.7 Å². The Labute approximate surface area is 134 Å². The van der Waals surface area contributed by atoms with Crippen molar-refractivity contribution >= 4 is 17.8 Å². The fraction of sp³-hybridized carbons (Fsp3) is 0.438. The normalized spacial score (nSPS) is 12.3. The minimum absolute atomic E-state index is 0.0917. The molecule has 0 heterocycles. The second-order valence-electron chi connectivity index (χ2n) is 6.14. The molecule has 1 amide bonds. The van der Waals surface area contributed by atoms with E-state index in [4.69, 9.17) is 4.74 Å². The molecule has 3 N–H and O–H groups in total. The van der Waals surface area contributed by atoms with E-state index in [0.717, 1.165) is 0 Å². The molecule has 1 aromatic carbocycles. The predicted molar refractivity (Wildman–Crippen MR) is 82.6 cm³/mol. The highest BCUT2D eigenvalue weighted by molar-refractivity contribution is 5.96. The van der Waals surface area contributed by atoms with Crippen molar-refractivity contribution in [3.63, 3.8) is 0 Å². The maximum absolute atomic E-state index is 11.7. The quantitative estimate of drug-likeness (QED) is 0.715. The highest BCUT2D eigenvalue weighted by Gasteiger charge is 2.25. The molecular formula is C16H21NO6. The van der Waals surface area contributed by atoms with E-state index >= 15 is 0 Å². The Balaban J connectivity index is 2.95. The Morgan fingerprint density at radius 1 is 1.26 bits per heavy atom. The Bertz CT molecular complexity index is 617. The average Bonchev–Trinajstić information content (AvgIpc) is 2.37. The molecule has 0 aromatic heterocycles. The van der Waals surface area contributed by atoms with Gasteiger partial charge < -0.3 is 20.3 Å². The standard InChI is InChI=1S/C16H21NO6/c1-9(18)12-8-11(19)6-5-10(12)7-13(14(20)21)17-15(22)23-16(2,3)4/h5-6,8,13,19H,7H2,1-4H3,(H,17,22)(H,20,21)/t13-/m0/s1. The van der Waals surface area contributed by atoms with Crippen molar-refractivity contribution in [2.24, 2.45) is 0 Å². The zero-order valence-electron chi connectivity index (χ0n) is 13.5. The van der Waals surface area contributed by atoms with Crippen LogP contribution in [0.15, 0.2) is 18.2 Å². The first kappa shape index (κ1) is 18.5. The summed E-state index contributed by atoms with van der Waals surface area (Å²) in [4.78, 5) is 34.7. The van der Waals surface area contributed by atoms with Crippen molar-refractivity contribution in [2.75, 3.05) is 0 Å². The van der Waals surface area contributed by atoms with Crippen LogP contribution in [0.4, 0.5) is 4.79 Å². The number of nitrogens with one attached hydrogen (secondary N) is 1. The summed E-state index contributed by atoms with van der Waals surface area (Å²) in [6.07, 6.45) is -0.961. The topological polar surface area (TPSA) is 113 Å². The minimum atomic E-state index is -1.26. The molecule has 7 nitrogen and oxygen atoms in total. The lowest BCUT2D eigenvalue weighted by molar-refractivity contribution is -0.139. The van der Waals surface area contributed by atoms with Gasteiger partial charge in [0.2, 0.25) is 0 Å². The van der Waals surface area contributed by atoms with E-state index in [-0.39, 0.29) is 23.5 Å². The van der Waals surface area contributed by atoms with E-state index in [1.807, 2.05) is 0 Å². The average molecular weight is 323 g/mol. The number of Topliss-reactive ketones (excluding diaryl/α,β-unsaturated/α-hetero) is 1. The second-order valence-corrected chi connectivity index (χ2v) is 6.14.